The molecule has 4 heteroatoms. The monoisotopic (exact) mass is 253 g/mol. The second-order valence-corrected chi connectivity index (χ2v) is 5.14. The Labute approximate surface area is 108 Å². The first-order chi connectivity index (χ1) is 8.22. The van der Waals surface area contributed by atoms with Crippen LogP contribution in [0, 0.1) is 0 Å². The summed E-state index contributed by atoms with van der Waals surface area (Å²) in [6, 6.07) is 2.58. The molecule has 1 aliphatic rings. The number of halogens is 1. The van der Waals surface area contributed by atoms with Gasteiger partial charge in [-0.1, -0.05) is 24.4 Å². The Bertz CT molecular complexity index is 381. The molecule has 2 heterocycles. The van der Waals surface area contributed by atoms with Gasteiger partial charge in [0.25, 0.3) is 0 Å². The fraction of sp³-hybridized carbons (Fsp3) is 0.615. The molecule has 1 atom stereocenters. The molecule has 3 nitrogen and oxygen atoms in total. The second-order valence-electron chi connectivity index (χ2n) is 4.73. The highest BCUT2D eigenvalue weighted by molar-refractivity contribution is 6.31. The molecular weight excluding hydrogens is 234 g/mol. The molecule has 0 radical (unpaired) electrons. The number of nitrogens with two attached hydrogens (primary N) is 1. The van der Waals surface area contributed by atoms with Crippen molar-refractivity contribution < 1.29 is 0 Å². The van der Waals surface area contributed by atoms with Gasteiger partial charge in [0.15, 0.2) is 0 Å². The van der Waals surface area contributed by atoms with Gasteiger partial charge < -0.3 is 10.6 Å². The fourth-order valence-corrected chi connectivity index (χ4v) is 2.58. The molecule has 1 fully saturated rings. The number of hydrogen-bond acceptors (Lipinski definition) is 3. The van der Waals surface area contributed by atoms with Crippen LogP contribution in [0.15, 0.2) is 12.3 Å². The molecule has 0 bridgehead atoms. The van der Waals surface area contributed by atoms with Gasteiger partial charge in [-0.15, -0.1) is 0 Å². The second kappa shape index (κ2) is 5.69. The molecule has 0 amide bonds. The van der Waals surface area contributed by atoms with Gasteiger partial charge in [0.2, 0.25) is 0 Å². The largest absolute Gasteiger partial charge is 0.354 e. The Morgan fingerprint density at radius 1 is 1.47 bits per heavy atom. The lowest BCUT2D eigenvalue weighted by atomic mass is 10.1. The molecule has 0 aromatic carbocycles. The molecule has 94 valence electrons. The molecule has 0 spiro atoms. The summed E-state index contributed by atoms with van der Waals surface area (Å²) in [6.07, 6.45) is 6.83. The van der Waals surface area contributed by atoms with Gasteiger partial charge in [0.1, 0.15) is 5.82 Å². The van der Waals surface area contributed by atoms with Crippen LogP contribution in [-0.2, 0) is 6.54 Å². The van der Waals surface area contributed by atoms with E-state index in [2.05, 4.69) is 16.8 Å². The minimum absolute atomic E-state index is 0.469. The summed E-state index contributed by atoms with van der Waals surface area (Å²) >= 11 is 6.04. The smallest absolute Gasteiger partial charge is 0.129 e. The maximum absolute atomic E-state index is 6.04. The van der Waals surface area contributed by atoms with E-state index in [1.165, 1.54) is 25.7 Å². The van der Waals surface area contributed by atoms with Gasteiger partial charge in [0, 0.05) is 25.3 Å². The molecule has 0 aliphatic carbocycles. The number of hydrogen-bond donors (Lipinski definition) is 1. The van der Waals surface area contributed by atoms with Gasteiger partial charge in [-0.05, 0) is 31.4 Å². The molecule has 1 saturated heterocycles. The van der Waals surface area contributed by atoms with Gasteiger partial charge in [0.05, 0.1) is 5.02 Å². The first-order valence-electron chi connectivity index (χ1n) is 6.33. The van der Waals surface area contributed by atoms with E-state index in [-0.39, 0.29) is 0 Å². The predicted octanol–water partition coefficient (Wildman–Crippen LogP) is 2.96. The van der Waals surface area contributed by atoms with E-state index in [4.69, 9.17) is 17.3 Å². The first-order valence-corrected chi connectivity index (χ1v) is 6.71. The summed E-state index contributed by atoms with van der Waals surface area (Å²) < 4.78 is 0. The summed E-state index contributed by atoms with van der Waals surface area (Å²) in [4.78, 5) is 6.82. The molecule has 2 rings (SSSR count). The van der Waals surface area contributed by atoms with Crippen molar-refractivity contribution in [2.45, 2.75) is 45.2 Å². The average Bonchev–Trinajstić information content (AvgIpc) is 2.55. The van der Waals surface area contributed by atoms with E-state index >= 15 is 0 Å². The molecule has 1 aliphatic heterocycles. The first kappa shape index (κ1) is 12.7. The van der Waals surface area contributed by atoms with E-state index in [0.29, 0.717) is 17.6 Å². The number of pyridine rings is 1. The van der Waals surface area contributed by atoms with Crippen LogP contribution in [0.25, 0.3) is 0 Å². The van der Waals surface area contributed by atoms with Gasteiger partial charge in [-0.2, -0.15) is 0 Å². The third-order valence-corrected chi connectivity index (χ3v) is 3.83. The molecule has 2 N–H and O–H groups in total. The zero-order valence-corrected chi connectivity index (χ0v) is 11.1. The van der Waals surface area contributed by atoms with Crippen molar-refractivity contribution in [1.82, 2.24) is 4.98 Å². The van der Waals surface area contributed by atoms with E-state index in [1.807, 2.05) is 6.07 Å². The Morgan fingerprint density at radius 3 is 3.06 bits per heavy atom. The highest BCUT2D eigenvalue weighted by Crippen LogP contribution is 2.25. The van der Waals surface area contributed by atoms with Crippen LogP contribution in [0.3, 0.4) is 0 Å². The molecule has 1 aromatic heterocycles. The van der Waals surface area contributed by atoms with E-state index in [0.717, 1.165) is 17.9 Å². The number of aromatic nitrogens is 1. The van der Waals surface area contributed by atoms with Crippen molar-refractivity contribution in [1.29, 1.82) is 0 Å². The highest BCUT2D eigenvalue weighted by Gasteiger charge is 2.18. The summed E-state index contributed by atoms with van der Waals surface area (Å²) in [5, 5.41) is 0.665. The topological polar surface area (TPSA) is 42.1 Å². The van der Waals surface area contributed by atoms with Gasteiger partial charge in [-0.3, -0.25) is 0 Å². The lowest BCUT2D eigenvalue weighted by Gasteiger charge is -2.28. The maximum Gasteiger partial charge on any atom is 0.129 e. The molecule has 17 heavy (non-hydrogen) atoms. The lowest BCUT2D eigenvalue weighted by Crippen LogP contribution is -2.33. The Morgan fingerprint density at radius 2 is 2.29 bits per heavy atom. The third kappa shape index (κ3) is 2.90. The van der Waals surface area contributed by atoms with Gasteiger partial charge in [-0.25, -0.2) is 4.98 Å². The minimum atomic E-state index is 0.469. The molecule has 0 saturated carbocycles. The predicted molar refractivity (Wildman–Crippen MR) is 72.4 cm³/mol. The highest BCUT2D eigenvalue weighted by atomic mass is 35.5. The quantitative estimate of drug-likeness (QED) is 0.881. The van der Waals surface area contributed by atoms with E-state index in [1.54, 1.807) is 6.20 Å². The van der Waals surface area contributed by atoms with Crippen LogP contribution in [0.4, 0.5) is 5.82 Å². The zero-order valence-electron chi connectivity index (χ0n) is 10.3. The lowest BCUT2D eigenvalue weighted by molar-refractivity contribution is 0.611. The molecule has 1 unspecified atom stereocenters. The summed E-state index contributed by atoms with van der Waals surface area (Å²) in [6.45, 7) is 3.82. The number of nitrogens with zero attached hydrogens (tertiary/aromatic N) is 2. The minimum Gasteiger partial charge on any atom is -0.354 e. The van der Waals surface area contributed by atoms with Crippen LogP contribution < -0.4 is 10.6 Å². The van der Waals surface area contributed by atoms with Crippen LogP contribution >= 0.6 is 11.6 Å². The van der Waals surface area contributed by atoms with Crippen LogP contribution in [0.1, 0.15) is 38.2 Å². The summed E-state index contributed by atoms with van der Waals surface area (Å²) in [5.41, 5.74) is 6.66. The standard InChI is InChI=1S/C13H20ClN3/c1-10-5-3-2-4-6-17(10)13-7-11(8-15)12(14)9-16-13/h7,9-10H,2-6,8,15H2,1H3. The average molecular weight is 254 g/mol. The Hall–Kier alpha value is -0.800. The van der Waals surface area contributed by atoms with Crippen molar-refractivity contribution in [3.63, 3.8) is 0 Å². The van der Waals surface area contributed by atoms with E-state index < -0.39 is 0 Å². The van der Waals surface area contributed by atoms with Crippen LogP contribution in [0.2, 0.25) is 5.02 Å². The van der Waals surface area contributed by atoms with Crippen molar-refractivity contribution in [2.24, 2.45) is 5.73 Å². The third-order valence-electron chi connectivity index (χ3n) is 3.49. The Kier molecular flexibility index (Phi) is 4.24. The number of anilines is 1. The van der Waals surface area contributed by atoms with Gasteiger partial charge >= 0.3 is 0 Å². The summed E-state index contributed by atoms with van der Waals surface area (Å²) in [7, 11) is 0. The summed E-state index contributed by atoms with van der Waals surface area (Å²) in [5.74, 6) is 1.02. The van der Waals surface area contributed by atoms with Crippen molar-refractivity contribution in [3.8, 4) is 0 Å². The van der Waals surface area contributed by atoms with Crippen molar-refractivity contribution >= 4 is 17.4 Å². The zero-order chi connectivity index (χ0) is 12.3. The fourth-order valence-electron chi connectivity index (χ4n) is 2.40. The van der Waals surface area contributed by atoms with Crippen LogP contribution in [-0.4, -0.2) is 17.6 Å². The number of rotatable bonds is 2. The van der Waals surface area contributed by atoms with E-state index in [9.17, 15) is 0 Å². The van der Waals surface area contributed by atoms with Crippen LogP contribution in [0.5, 0.6) is 0 Å². The van der Waals surface area contributed by atoms with Crippen molar-refractivity contribution in [3.05, 3.63) is 22.8 Å². The normalized spacial score (nSPS) is 21.4. The maximum atomic E-state index is 6.04. The molecule has 1 aromatic rings. The molecular formula is C13H20ClN3. The Balaban J connectivity index is 2.25. The van der Waals surface area contributed by atoms with Crippen molar-refractivity contribution in [2.75, 3.05) is 11.4 Å². The SMILES string of the molecule is CC1CCCCCN1c1cc(CN)c(Cl)cn1.